The molecule has 0 aromatic heterocycles. The third-order valence-corrected chi connectivity index (χ3v) is 3.26. The molecule has 114 valence electrons. The molecule has 0 aliphatic carbocycles. The predicted molar refractivity (Wildman–Crippen MR) is 75.1 cm³/mol. The smallest absolute Gasteiger partial charge is 0.306 e. The highest BCUT2D eigenvalue weighted by Crippen LogP contribution is 2.14. The van der Waals surface area contributed by atoms with Gasteiger partial charge in [0.2, 0.25) is 0 Å². The number of carbonyl (C=O) groups excluding carboxylic acids is 1. The monoisotopic (exact) mass is 293 g/mol. The number of hydrogen-bond acceptors (Lipinski definition) is 4. The molecule has 1 aliphatic rings. The Morgan fingerprint density at radius 2 is 2.14 bits per heavy atom. The topological polar surface area (TPSA) is 76.1 Å². The lowest BCUT2D eigenvalue weighted by Crippen LogP contribution is -2.50. The second kappa shape index (κ2) is 7.08. The average Bonchev–Trinajstić information content (AvgIpc) is 2.47. The van der Waals surface area contributed by atoms with Gasteiger partial charge in [-0.1, -0.05) is 18.2 Å². The summed E-state index contributed by atoms with van der Waals surface area (Å²) >= 11 is 0. The molecule has 0 saturated carbocycles. The van der Waals surface area contributed by atoms with Crippen LogP contribution in [0, 0.1) is 0 Å². The van der Waals surface area contributed by atoms with Crippen LogP contribution in [0.1, 0.15) is 13.3 Å². The minimum absolute atomic E-state index is 0.0995. The van der Waals surface area contributed by atoms with E-state index in [0.29, 0.717) is 18.9 Å². The molecular formula is C15H19NO5. The zero-order chi connectivity index (χ0) is 15.2. The molecule has 1 aromatic rings. The number of benzene rings is 1. The van der Waals surface area contributed by atoms with Crippen molar-refractivity contribution in [3.05, 3.63) is 30.3 Å². The fourth-order valence-corrected chi connectivity index (χ4v) is 2.25. The number of hydrogen-bond donors (Lipinski definition) is 1. The van der Waals surface area contributed by atoms with Gasteiger partial charge in [-0.2, -0.15) is 0 Å². The number of para-hydroxylation sites is 1. The highest BCUT2D eigenvalue weighted by Gasteiger charge is 2.29. The zero-order valence-electron chi connectivity index (χ0n) is 11.9. The number of rotatable bonds is 5. The molecule has 0 radical (unpaired) electrons. The number of morpholine rings is 1. The van der Waals surface area contributed by atoms with Crippen LogP contribution in [0.25, 0.3) is 0 Å². The molecule has 2 atom stereocenters. The van der Waals surface area contributed by atoms with Crippen molar-refractivity contribution in [2.24, 2.45) is 0 Å². The lowest BCUT2D eigenvalue weighted by atomic mass is 10.2. The van der Waals surface area contributed by atoms with E-state index < -0.39 is 18.2 Å². The van der Waals surface area contributed by atoms with E-state index in [4.69, 9.17) is 14.6 Å². The van der Waals surface area contributed by atoms with Crippen molar-refractivity contribution in [3.8, 4) is 5.75 Å². The molecule has 0 bridgehead atoms. The summed E-state index contributed by atoms with van der Waals surface area (Å²) in [7, 11) is 0. The number of nitrogens with zero attached hydrogens (tertiary/aromatic N) is 1. The summed E-state index contributed by atoms with van der Waals surface area (Å²) in [6, 6.07) is 9.12. The number of carboxylic acid groups (broad SMARTS) is 1. The maximum Gasteiger partial charge on any atom is 0.306 e. The van der Waals surface area contributed by atoms with Crippen LogP contribution in [0.4, 0.5) is 0 Å². The average molecular weight is 293 g/mol. The molecule has 1 saturated heterocycles. The van der Waals surface area contributed by atoms with Crippen molar-refractivity contribution in [1.82, 2.24) is 4.90 Å². The minimum atomic E-state index is -0.928. The maximum absolute atomic E-state index is 12.3. The molecule has 6 nitrogen and oxygen atoms in total. The lowest BCUT2D eigenvalue weighted by Gasteiger charge is -2.33. The van der Waals surface area contributed by atoms with Gasteiger partial charge in [-0.25, -0.2) is 0 Å². The number of amides is 1. The van der Waals surface area contributed by atoms with Gasteiger partial charge in [0.25, 0.3) is 5.91 Å². The predicted octanol–water partition coefficient (Wildman–Crippen LogP) is 1.16. The molecule has 1 heterocycles. The van der Waals surface area contributed by atoms with Crippen LogP contribution in [0.3, 0.4) is 0 Å². The number of ether oxygens (including phenoxy) is 2. The van der Waals surface area contributed by atoms with Crippen LogP contribution in [-0.2, 0) is 14.3 Å². The van der Waals surface area contributed by atoms with Crippen molar-refractivity contribution in [2.45, 2.75) is 25.6 Å². The van der Waals surface area contributed by atoms with Crippen molar-refractivity contribution < 1.29 is 24.2 Å². The van der Waals surface area contributed by atoms with E-state index in [1.165, 1.54) is 0 Å². The van der Waals surface area contributed by atoms with E-state index in [-0.39, 0.29) is 18.9 Å². The van der Waals surface area contributed by atoms with Gasteiger partial charge < -0.3 is 19.5 Å². The second-order valence-electron chi connectivity index (χ2n) is 4.95. The Labute approximate surface area is 123 Å². The molecule has 0 spiro atoms. The summed E-state index contributed by atoms with van der Waals surface area (Å²) in [6.07, 6.45) is -1.17. The molecular weight excluding hydrogens is 274 g/mol. The Balaban J connectivity index is 1.91. The Morgan fingerprint density at radius 1 is 1.43 bits per heavy atom. The van der Waals surface area contributed by atoms with Crippen LogP contribution in [-0.4, -0.2) is 53.8 Å². The van der Waals surface area contributed by atoms with Gasteiger partial charge in [-0.15, -0.1) is 0 Å². The minimum Gasteiger partial charge on any atom is -0.481 e. The first-order chi connectivity index (χ1) is 10.1. The number of carboxylic acids is 1. The van der Waals surface area contributed by atoms with Crippen molar-refractivity contribution in [2.75, 3.05) is 19.7 Å². The van der Waals surface area contributed by atoms with Gasteiger partial charge in [-0.05, 0) is 19.1 Å². The van der Waals surface area contributed by atoms with Gasteiger partial charge in [-0.3, -0.25) is 9.59 Å². The van der Waals surface area contributed by atoms with Gasteiger partial charge in [0.15, 0.2) is 6.10 Å². The molecule has 21 heavy (non-hydrogen) atoms. The van der Waals surface area contributed by atoms with Gasteiger partial charge in [0.1, 0.15) is 5.75 Å². The normalized spacial score (nSPS) is 19.9. The summed E-state index contributed by atoms with van der Waals surface area (Å²) in [5.41, 5.74) is 0. The molecule has 1 aliphatic heterocycles. The lowest BCUT2D eigenvalue weighted by molar-refractivity contribution is -0.151. The van der Waals surface area contributed by atoms with E-state index >= 15 is 0 Å². The first kappa shape index (κ1) is 15.3. The zero-order valence-corrected chi connectivity index (χ0v) is 11.9. The first-order valence-electron chi connectivity index (χ1n) is 6.90. The van der Waals surface area contributed by atoms with Crippen LogP contribution in [0.2, 0.25) is 0 Å². The first-order valence-corrected chi connectivity index (χ1v) is 6.90. The summed E-state index contributed by atoms with van der Waals surface area (Å²) < 4.78 is 10.9. The molecule has 1 amide bonds. The molecule has 1 aromatic carbocycles. The molecule has 0 unspecified atom stereocenters. The third-order valence-electron chi connectivity index (χ3n) is 3.26. The van der Waals surface area contributed by atoms with Crippen molar-refractivity contribution >= 4 is 11.9 Å². The largest absolute Gasteiger partial charge is 0.481 e. The molecule has 2 rings (SSSR count). The summed E-state index contributed by atoms with van der Waals surface area (Å²) in [5, 5.41) is 8.79. The summed E-state index contributed by atoms with van der Waals surface area (Å²) in [4.78, 5) is 24.6. The summed E-state index contributed by atoms with van der Waals surface area (Å²) in [5.74, 6) is -0.450. The third kappa shape index (κ3) is 4.46. The fourth-order valence-electron chi connectivity index (χ4n) is 2.25. The Kier molecular flexibility index (Phi) is 5.16. The molecule has 1 fully saturated rings. The molecule has 1 N–H and O–H groups in total. The Morgan fingerprint density at radius 3 is 2.81 bits per heavy atom. The van der Waals surface area contributed by atoms with Crippen LogP contribution in [0.5, 0.6) is 5.75 Å². The van der Waals surface area contributed by atoms with Crippen molar-refractivity contribution in [3.63, 3.8) is 0 Å². The van der Waals surface area contributed by atoms with E-state index in [2.05, 4.69) is 0 Å². The number of carbonyl (C=O) groups is 2. The highest BCUT2D eigenvalue weighted by molar-refractivity contribution is 5.81. The van der Waals surface area contributed by atoms with Crippen LogP contribution < -0.4 is 4.74 Å². The quantitative estimate of drug-likeness (QED) is 0.881. The van der Waals surface area contributed by atoms with Gasteiger partial charge in [0.05, 0.1) is 19.1 Å². The van der Waals surface area contributed by atoms with Crippen LogP contribution in [0.15, 0.2) is 30.3 Å². The van der Waals surface area contributed by atoms with Gasteiger partial charge in [0, 0.05) is 13.1 Å². The maximum atomic E-state index is 12.3. The SMILES string of the molecule is C[C@@H](Oc1ccccc1)C(=O)N1CCO[C@H](CC(=O)O)C1. The standard InChI is InChI=1S/C15H19NO5/c1-11(21-12-5-3-2-4-6-12)15(19)16-7-8-20-13(10-16)9-14(17)18/h2-6,11,13H,7-10H2,1H3,(H,17,18)/t11-,13-/m1/s1. The van der Waals surface area contributed by atoms with E-state index in [1.54, 1.807) is 24.0 Å². The Hall–Kier alpha value is -2.08. The summed E-state index contributed by atoms with van der Waals surface area (Å²) in [6.45, 7) is 2.78. The van der Waals surface area contributed by atoms with E-state index in [1.807, 2.05) is 18.2 Å². The van der Waals surface area contributed by atoms with E-state index in [9.17, 15) is 9.59 Å². The van der Waals surface area contributed by atoms with Crippen LogP contribution >= 0.6 is 0 Å². The number of aliphatic carboxylic acids is 1. The highest BCUT2D eigenvalue weighted by atomic mass is 16.5. The Bertz CT molecular complexity index is 490. The molecule has 6 heteroatoms. The second-order valence-corrected chi connectivity index (χ2v) is 4.95. The fraction of sp³-hybridized carbons (Fsp3) is 0.467. The van der Waals surface area contributed by atoms with Crippen molar-refractivity contribution in [1.29, 1.82) is 0 Å². The van der Waals surface area contributed by atoms with Gasteiger partial charge >= 0.3 is 5.97 Å². The van der Waals surface area contributed by atoms with E-state index in [0.717, 1.165) is 0 Å².